The molecule has 2 aromatic carbocycles. The normalized spacial score (nSPS) is 16.9. The van der Waals surface area contributed by atoms with Gasteiger partial charge in [-0.25, -0.2) is 8.78 Å². The highest BCUT2D eigenvalue weighted by atomic mass is 32.1. The van der Waals surface area contributed by atoms with Crippen LogP contribution in [0, 0.1) is 11.6 Å². The van der Waals surface area contributed by atoms with Gasteiger partial charge < -0.3 is 19.7 Å². The van der Waals surface area contributed by atoms with Gasteiger partial charge in [-0.1, -0.05) is 11.3 Å². The van der Waals surface area contributed by atoms with Crippen LogP contribution in [0.1, 0.15) is 44.1 Å². The molecular formula is C21H16F2N4O4S. The van der Waals surface area contributed by atoms with Crippen LogP contribution in [0.25, 0.3) is 0 Å². The fourth-order valence-corrected chi connectivity index (χ4v) is 4.58. The minimum absolute atomic E-state index is 0.0195. The molecule has 8 nitrogen and oxygen atoms in total. The second-order valence-corrected chi connectivity index (χ2v) is 8.26. The Morgan fingerprint density at radius 2 is 1.94 bits per heavy atom. The van der Waals surface area contributed by atoms with Crippen LogP contribution < -0.4 is 14.8 Å². The van der Waals surface area contributed by atoms with Crippen molar-refractivity contribution in [2.24, 2.45) is 0 Å². The summed E-state index contributed by atoms with van der Waals surface area (Å²) >= 11 is 1.03. The van der Waals surface area contributed by atoms with Crippen LogP contribution in [0.4, 0.5) is 14.5 Å². The number of hydrogen-bond acceptors (Lipinski definition) is 7. The Morgan fingerprint density at radius 1 is 1.09 bits per heavy atom. The third kappa shape index (κ3) is 3.75. The van der Waals surface area contributed by atoms with E-state index in [1.54, 1.807) is 23.1 Å². The molecule has 3 aromatic rings. The number of likely N-dealkylation sites (tertiary alicyclic amines) is 1. The number of aromatic nitrogens is 2. The third-order valence-electron chi connectivity index (χ3n) is 5.23. The van der Waals surface area contributed by atoms with Gasteiger partial charge in [-0.3, -0.25) is 9.59 Å². The van der Waals surface area contributed by atoms with Crippen molar-refractivity contribution < 1.29 is 27.8 Å². The predicted octanol–water partition coefficient (Wildman–Crippen LogP) is 3.77. The standard InChI is InChI=1S/C21H16F2N4O4S/c22-12-4-5-14(13(23)9-12)24-18(28)20-26-25-19(32-20)15-2-1-7-27(15)21(29)11-3-6-16-17(8-11)31-10-30-16/h3-6,8-9,15H,1-2,7,10H2,(H,24,28)/t15-/m0/s1. The summed E-state index contributed by atoms with van der Waals surface area (Å²) in [6.07, 6.45) is 1.46. The number of ether oxygens (including phenoxy) is 2. The number of nitrogens with one attached hydrogen (secondary N) is 1. The van der Waals surface area contributed by atoms with Gasteiger partial charge in [0.05, 0.1) is 11.7 Å². The zero-order valence-corrected chi connectivity index (χ0v) is 17.3. The number of amides is 2. The Hall–Kier alpha value is -3.60. The summed E-state index contributed by atoms with van der Waals surface area (Å²) in [5.41, 5.74) is 0.309. The Kier molecular flexibility index (Phi) is 5.17. The first-order chi connectivity index (χ1) is 15.5. The van der Waals surface area contributed by atoms with Gasteiger partial charge in [-0.05, 0) is 43.2 Å². The maximum Gasteiger partial charge on any atom is 0.286 e. The molecule has 1 aromatic heterocycles. The first-order valence-electron chi connectivity index (χ1n) is 9.80. The summed E-state index contributed by atoms with van der Waals surface area (Å²) in [5, 5.41) is 10.9. The zero-order valence-electron chi connectivity index (χ0n) is 16.5. The molecule has 1 saturated heterocycles. The van der Waals surface area contributed by atoms with Crippen molar-refractivity contribution in [1.82, 2.24) is 15.1 Å². The molecule has 32 heavy (non-hydrogen) atoms. The number of carbonyl (C=O) groups excluding carboxylic acids is 2. The summed E-state index contributed by atoms with van der Waals surface area (Å²) in [6.45, 7) is 0.663. The van der Waals surface area contributed by atoms with Crippen LogP contribution in [0.15, 0.2) is 36.4 Å². The maximum absolute atomic E-state index is 13.8. The molecule has 1 fully saturated rings. The monoisotopic (exact) mass is 458 g/mol. The van der Waals surface area contributed by atoms with Crippen LogP contribution in [-0.2, 0) is 0 Å². The van der Waals surface area contributed by atoms with Gasteiger partial charge in [0.1, 0.15) is 16.6 Å². The number of halogens is 2. The fourth-order valence-electron chi connectivity index (χ4n) is 3.69. The van der Waals surface area contributed by atoms with Gasteiger partial charge in [0.25, 0.3) is 11.8 Å². The minimum atomic E-state index is -0.889. The maximum atomic E-state index is 13.8. The van der Waals surface area contributed by atoms with E-state index < -0.39 is 17.5 Å². The van der Waals surface area contributed by atoms with Gasteiger partial charge in [-0.15, -0.1) is 10.2 Å². The van der Waals surface area contributed by atoms with Crippen molar-refractivity contribution in [2.45, 2.75) is 18.9 Å². The largest absolute Gasteiger partial charge is 0.454 e. The summed E-state index contributed by atoms with van der Waals surface area (Å²) in [5.74, 6) is -1.36. The number of benzene rings is 2. The summed E-state index contributed by atoms with van der Waals surface area (Å²) < 4.78 is 37.5. The number of rotatable bonds is 4. The van der Waals surface area contributed by atoms with Crippen LogP contribution in [0.2, 0.25) is 0 Å². The van der Waals surface area contributed by atoms with Crippen molar-refractivity contribution in [3.63, 3.8) is 0 Å². The molecule has 2 amide bonds. The summed E-state index contributed by atoms with van der Waals surface area (Å²) in [6, 6.07) is 7.56. The number of hydrogen-bond donors (Lipinski definition) is 1. The Bertz CT molecular complexity index is 1220. The molecule has 3 heterocycles. The molecule has 2 aliphatic heterocycles. The Labute approximate surface area is 184 Å². The van der Waals surface area contributed by atoms with E-state index in [2.05, 4.69) is 15.5 Å². The number of nitrogens with zero attached hydrogens (tertiary/aromatic N) is 3. The molecule has 0 unspecified atom stereocenters. The van der Waals surface area contributed by atoms with Crippen molar-refractivity contribution in [3.8, 4) is 11.5 Å². The van der Waals surface area contributed by atoms with Gasteiger partial charge in [0.15, 0.2) is 11.5 Å². The van der Waals surface area contributed by atoms with E-state index in [0.717, 1.165) is 29.9 Å². The van der Waals surface area contributed by atoms with Crippen LogP contribution >= 0.6 is 11.3 Å². The molecule has 11 heteroatoms. The number of fused-ring (bicyclic) bond motifs is 1. The lowest BCUT2D eigenvalue weighted by molar-refractivity contribution is 0.0734. The second kappa shape index (κ2) is 8.15. The highest BCUT2D eigenvalue weighted by molar-refractivity contribution is 7.13. The highest BCUT2D eigenvalue weighted by Gasteiger charge is 2.34. The van der Waals surface area contributed by atoms with E-state index in [0.29, 0.717) is 41.1 Å². The minimum Gasteiger partial charge on any atom is -0.454 e. The molecule has 0 spiro atoms. The van der Waals surface area contributed by atoms with Crippen LogP contribution in [0.5, 0.6) is 11.5 Å². The predicted molar refractivity (Wildman–Crippen MR) is 110 cm³/mol. The van der Waals surface area contributed by atoms with E-state index in [9.17, 15) is 18.4 Å². The quantitative estimate of drug-likeness (QED) is 0.640. The summed E-state index contributed by atoms with van der Waals surface area (Å²) in [7, 11) is 0. The first-order valence-corrected chi connectivity index (χ1v) is 10.6. The van der Waals surface area contributed by atoms with Gasteiger partial charge in [-0.2, -0.15) is 0 Å². The molecule has 2 aliphatic rings. The molecule has 1 N–H and O–H groups in total. The molecule has 164 valence electrons. The second-order valence-electron chi connectivity index (χ2n) is 7.25. The van der Waals surface area contributed by atoms with E-state index in [1.165, 1.54) is 0 Å². The van der Waals surface area contributed by atoms with Gasteiger partial charge in [0.2, 0.25) is 11.8 Å². The topological polar surface area (TPSA) is 93.7 Å². The molecule has 0 aliphatic carbocycles. The van der Waals surface area contributed by atoms with Gasteiger partial charge in [0, 0.05) is 18.2 Å². The number of carbonyl (C=O) groups is 2. The molecule has 0 bridgehead atoms. The molecule has 0 radical (unpaired) electrons. The molecule has 1 atom stereocenters. The summed E-state index contributed by atoms with van der Waals surface area (Å²) in [4.78, 5) is 27.3. The van der Waals surface area contributed by atoms with Crippen LogP contribution in [-0.4, -0.2) is 40.2 Å². The van der Waals surface area contributed by atoms with E-state index in [-0.39, 0.29) is 29.4 Å². The average molecular weight is 458 g/mol. The molecule has 0 saturated carbocycles. The Balaban J connectivity index is 1.32. The highest BCUT2D eigenvalue weighted by Crippen LogP contribution is 2.37. The van der Waals surface area contributed by atoms with E-state index in [1.807, 2.05) is 0 Å². The first kappa shape index (κ1) is 20.3. The van der Waals surface area contributed by atoms with E-state index >= 15 is 0 Å². The van der Waals surface area contributed by atoms with Crippen molar-refractivity contribution in [3.05, 3.63) is 63.6 Å². The van der Waals surface area contributed by atoms with Crippen LogP contribution in [0.3, 0.4) is 0 Å². The van der Waals surface area contributed by atoms with E-state index in [4.69, 9.17) is 9.47 Å². The van der Waals surface area contributed by atoms with Crippen molar-refractivity contribution in [2.75, 3.05) is 18.7 Å². The van der Waals surface area contributed by atoms with Crippen molar-refractivity contribution >= 4 is 28.8 Å². The lowest BCUT2D eigenvalue weighted by Gasteiger charge is -2.22. The average Bonchev–Trinajstić information content (AvgIpc) is 3.54. The SMILES string of the molecule is O=C(Nc1ccc(F)cc1F)c1nnc([C@@H]2CCCN2C(=O)c2ccc3c(c2)OCO3)s1. The van der Waals surface area contributed by atoms with Crippen molar-refractivity contribution in [1.29, 1.82) is 0 Å². The smallest absolute Gasteiger partial charge is 0.286 e. The number of anilines is 1. The lowest BCUT2D eigenvalue weighted by Crippen LogP contribution is -2.30. The fraction of sp³-hybridized carbons (Fsp3) is 0.238. The van der Waals surface area contributed by atoms with Gasteiger partial charge >= 0.3 is 0 Å². The molecular weight excluding hydrogens is 442 g/mol. The molecule has 5 rings (SSSR count). The third-order valence-corrected chi connectivity index (χ3v) is 6.26. The Morgan fingerprint density at radius 3 is 2.78 bits per heavy atom. The lowest BCUT2D eigenvalue weighted by atomic mass is 10.1. The zero-order chi connectivity index (χ0) is 22.2.